The van der Waals surface area contributed by atoms with E-state index in [2.05, 4.69) is 0 Å². The van der Waals surface area contributed by atoms with Crippen LogP contribution in [0.25, 0.3) is 0 Å². The summed E-state index contributed by atoms with van der Waals surface area (Å²) < 4.78 is 13.3. The van der Waals surface area contributed by atoms with Crippen molar-refractivity contribution in [1.29, 1.82) is 0 Å². The number of halogens is 2. The predicted molar refractivity (Wildman–Crippen MR) is 67.6 cm³/mol. The molecule has 1 N–H and O–H groups in total. The Bertz CT molecular complexity index is 372. The summed E-state index contributed by atoms with van der Waals surface area (Å²) in [5.41, 5.74) is 0.652. The second-order valence-electron chi connectivity index (χ2n) is 4.87. The van der Waals surface area contributed by atoms with Crippen LogP contribution in [0.5, 0.6) is 0 Å². The van der Waals surface area contributed by atoms with Gasteiger partial charge in [-0.3, -0.25) is 0 Å². The van der Waals surface area contributed by atoms with Crippen molar-refractivity contribution in [3.05, 3.63) is 34.6 Å². The molecule has 0 radical (unpaired) electrons. The number of rotatable bonds is 2. The first-order chi connectivity index (χ1) is 8.18. The summed E-state index contributed by atoms with van der Waals surface area (Å²) in [5.74, 6) is -0.185. The molecular weight excluding hydrogens is 239 g/mol. The minimum absolute atomic E-state index is 0.113. The molecule has 0 aliphatic heterocycles. The maximum atomic E-state index is 13.3. The van der Waals surface area contributed by atoms with E-state index < -0.39 is 11.9 Å². The van der Waals surface area contributed by atoms with Crippen LogP contribution in [0.1, 0.15) is 50.2 Å². The molecule has 0 bridgehead atoms. The van der Waals surface area contributed by atoms with Crippen LogP contribution in [0.3, 0.4) is 0 Å². The average Bonchev–Trinajstić information content (AvgIpc) is 2.60. The lowest BCUT2D eigenvalue weighted by Gasteiger charge is -2.21. The minimum Gasteiger partial charge on any atom is -0.388 e. The third kappa shape index (κ3) is 3.20. The molecular formula is C14H18ClFO. The van der Waals surface area contributed by atoms with Crippen LogP contribution < -0.4 is 0 Å². The molecule has 94 valence electrons. The Morgan fingerprint density at radius 2 is 1.82 bits per heavy atom. The Kier molecular flexibility index (Phi) is 4.41. The number of aliphatic hydroxyl groups excluding tert-OH is 1. The van der Waals surface area contributed by atoms with Gasteiger partial charge in [-0.05, 0) is 36.5 Å². The van der Waals surface area contributed by atoms with Crippen molar-refractivity contribution in [1.82, 2.24) is 0 Å². The van der Waals surface area contributed by atoms with Gasteiger partial charge in [0.15, 0.2) is 0 Å². The topological polar surface area (TPSA) is 20.2 Å². The van der Waals surface area contributed by atoms with E-state index in [0.29, 0.717) is 5.56 Å². The first kappa shape index (κ1) is 12.8. The van der Waals surface area contributed by atoms with E-state index >= 15 is 0 Å². The van der Waals surface area contributed by atoms with Gasteiger partial charge < -0.3 is 5.11 Å². The number of benzene rings is 1. The Labute approximate surface area is 107 Å². The lowest BCUT2D eigenvalue weighted by atomic mass is 9.89. The molecule has 0 unspecified atom stereocenters. The smallest absolute Gasteiger partial charge is 0.142 e. The molecule has 17 heavy (non-hydrogen) atoms. The third-order valence-electron chi connectivity index (χ3n) is 3.63. The highest BCUT2D eigenvalue weighted by atomic mass is 35.5. The number of hydrogen-bond acceptors (Lipinski definition) is 1. The van der Waals surface area contributed by atoms with E-state index in [1.807, 2.05) is 0 Å². The average molecular weight is 257 g/mol. The van der Waals surface area contributed by atoms with Crippen LogP contribution in [-0.4, -0.2) is 5.11 Å². The summed E-state index contributed by atoms with van der Waals surface area (Å²) in [7, 11) is 0. The van der Waals surface area contributed by atoms with E-state index in [1.165, 1.54) is 25.0 Å². The summed E-state index contributed by atoms with van der Waals surface area (Å²) in [4.78, 5) is 0. The standard InChI is InChI=1S/C14H18ClFO/c15-12-8-7-11(9-13(12)16)14(17)10-5-3-1-2-4-6-10/h7-10,14,17H,1-6H2/t14-/m1/s1. The Morgan fingerprint density at radius 1 is 1.18 bits per heavy atom. The van der Waals surface area contributed by atoms with Crippen molar-refractivity contribution in [3.63, 3.8) is 0 Å². The van der Waals surface area contributed by atoms with Crippen molar-refractivity contribution in [2.75, 3.05) is 0 Å². The van der Waals surface area contributed by atoms with Crippen LogP contribution in [0, 0.1) is 11.7 Å². The van der Waals surface area contributed by atoms with Crippen molar-refractivity contribution in [2.24, 2.45) is 5.92 Å². The van der Waals surface area contributed by atoms with Gasteiger partial charge in [0, 0.05) is 0 Å². The van der Waals surface area contributed by atoms with Crippen molar-refractivity contribution < 1.29 is 9.50 Å². The normalized spacial score (nSPS) is 19.9. The molecule has 1 nitrogen and oxygen atoms in total. The van der Waals surface area contributed by atoms with Crippen LogP contribution >= 0.6 is 11.6 Å². The van der Waals surface area contributed by atoms with Crippen molar-refractivity contribution in [3.8, 4) is 0 Å². The first-order valence-electron chi connectivity index (χ1n) is 6.31. The highest BCUT2D eigenvalue weighted by molar-refractivity contribution is 6.30. The summed E-state index contributed by atoms with van der Waals surface area (Å²) >= 11 is 5.64. The minimum atomic E-state index is -0.556. The molecule has 0 amide bonds. The lowest BCUT2D eigenvalue weighted by molar-refractivity contribution is 0.0985. The van der Waals surface area contributed by atoms with Crippen LogP contribution in [0.2, 0.25) is 5.02 Å². The van der Waals surface area contributed by atoms with Gasteiger partial charge in [-0.1, -0.05) is 43.4 Å². The Morgan fingerprint density at radius 3 is 2.41 bits per heavy atom. The second kappa shape index (κ2) is 5.83. The Hall–Kier alpha value is -0.600. The summed E-state index contributed by atoms with van der Waals surface area (Å²) in [6.45, 7) is 0. The predicted octanol–water partition coefficient (Wildman–Crippen LogP) is 4.48. The molecule has 1 aliphatic rings. The fourth-order valence-electron chi connectivity index (χ4n) is 2.60. The third-order valence-corrected chi connectivity index (χ3v) is 3.94. The number of aliphatic hydroxyl groups is 1. The van der Waals surface area contributed by atoms with Gasteiger partial charge >= 0.3 is 0 Å². The van der Waals surface area contributed by atoms with Gasteiger partial charge in [0.1, 0.15) is 5.82 Å². The quantitative estimate of drug-likeness (QED) is 0.774. The van der Waals surface area contributed by atoms with Gasteiger partial charge in [-0.25, -0.2) is 4.39 Å². The molecule has 0 spiro atoms. The maximum absolute atomic E-state index is 13.3. The zero-order valence-electron chi connectivity index (χ0n) is 9.83. The van der Waals surface area contributed by atoms with Gasteiger partial charge in [-0.15, -0.1) is 0 Å². The summed E-state index contributed by atoms with van der Waals surface area (Å²) in [5, 5.41) is 10.4. The fourth-order valence-corrected chi connectivity index (χ4v) is 2.71. The SMILES string of the molecule is O[C@@H](c1ccc(Cl)c(F)c1)C1CCCCCC1. The van der Waals surface area contributed by atoms with E-state index in [4.69, 9.17) is 11.6 Å². The first-order valence-corrected chi connectivity index (χ1v) is 6.69. The van der Waals surface area contributed by atoms with Crippen molar-refractivity contribution >= 4 is 11.6 Å². The van der Waals surface area contributed by atoms with Gasteiger partial charge in [0.25, 0.3) is 0 Å². The molecule has 0 heterocycles. The fraction of sp³-hybridized carbons (Fsp3) is 0.571. The lowest BCUT2D eigenvalue weighted by Crippen LogP contribution is -2.12. The van der Waals surface area contributed by atoms with E-state index in [0.717, 1.165) is 25.7 Å². The summed E-state index contributed by atoms with van der Waals surface area (Å²) in [6, 6.07) is 4.60. The molecule has 2 rings (SSSR count). The molecule has 1 fully saturated rings. The van der Waals surface area contributed by atoms with Crippen LogP contribution in [0.15, 0.2) is 18.2 Å². The van der Waals surface area contributed by atoms with Crippen LogP contribution in [-0.2, 0) is 0 Å². The zero-order valence-corrected chi connectivity index (χ0v) is 10.6. The summed E-state index contributed by atoms with van der Waals surface area (Å²) in [6.07, 6.45) is 6.34. The Balaban J connectivity index is 2.11. The highest BCUT2D eigenvalue weighted by Gasteiger charge is 2.22. The van der Waals surface area contributed by atoms with E-state index in [1.54, 1.807) is 6.07 Å². The number of hydrogen-bond donors (Lipinski definition) is 1. The van der Waals surface area contributed by atoms with Gasteiger partial charge in [-0.2, -0.15) is 0 Å². The molecule has 1 aromatic carbocycles. The molecule has 0 aromatic heterocycles. The second-order valence-corrected chi connectivity index (χ2v) is 5.28. The largest absolute Gasteiger partial charge is 0.388 e. The van der Waals surface area contributed by atoms with Gasteiger partial charge in [0.2, 0.25) is 0 Å². The molecule has 1 atom stereocenters. The monoisotopic (exact) mass is 256 g/mol. The zero-order chi connectivity index (χ0) is 12.3. The van der Waals surface area contributed by atoms with Crippen LogP contribution in [0.4, 0.5) is 4.39 Å². The van der Waals surface area contributed by atoms with Gasteiger partial charge in [0.05, 0.1) is 11.1 Å². The van der Waals surface area contributed by atoms with Crippen molar-refractivity contribution in [2.45, 2.75) is 44.6 Å². The van der Waals surface area contributed by atoms with E-state index in [9.17, 15) is 9.50 Å². The molecule has 1 saturated carbocycles. The molecule has 1 aliphatic carbocycles. The maximum Gasteiger partial charge on any atom is 0.142 e. The molecule has 1 aromatic rings. The molecule has 3 heteroatoms. The molecule has 0 saturated heterocycles. The highest BCUT2D eigenvalue weighted by Crippen LogP contribution is 2.34. The van der Waals surface area contributed by atoms with E-state index in [-0.39, 0.29) is 10.9 Å².